The van der Waals surface area contributed by atoms with E-state index in [4.69, 9.17) is 14.2 Å². The number of nitrogens with one attached hydrogen (secondary N) is 1. The second kappa shape index (κ2) is 10.5. The number of ether oxygens (including phenoxy) is 3. The molecular formula is C25H22N4O6. The first-order chi connectivity index (χ1) is 17.0. The summed E-state index contributed by atoms with van der Waals surface area (Å²) in [7, 11) is 0. The summed E-state index contributed by atoms with van der Waals surface area (Å²) in [6, 6.07) is 18.3. The maximum Gasteiger partial charge on any atom is 0.376 e. The molecule has 1 N–H and O–H groups in total. The Morgan fingerprint density at radius 3 is 2.40 bits per heavy atom. The SMILES string of the molecule is CCOC(=O)c1nc(Nc2cc(Oc3ccc(OCC)cc3)cc([N+](=O)[O-])c2)c2ccccc2n1. The molecule has 178 valence electrons. The molecule has 0 saturated heterocycles. The van der Waals surface area contributed by atoms with E-state index in [9.17, 15) is 14.9 Å². The Bertz CT molecular complexity index is 1370. The van der Waals surface area contributed by atoms with Crippen molar-refractivity contribution in [2.24, 2.45) is 0 Å². The van der Waals surface area contributed by atoms with Gasteiger partial charge in [0, 0.05) is 17.5 Å². The zero-order chi connectivity index (χ0) is 24.8. The molecule has 0 bridgehead atoms. The third-order valence-electron chi connectivity index (χ3n) is 4.80. The molecule has 4 rings (SSSR count). The number of nitro groups is 1. The van der Waals surface area contributed by atoms with Crippen LogP contribution in [0.2, 0.25) is 0 Å². The van der Waals surface area contributed by atoms with E-state index >= 15 is 0 Å². The summed E-state index contributed by atoms with van der Waals surface area (Å²) in [5, 5.41) is 15.3. The van der Waals surface area contributed by atoms with Crippen LogP contribution in [0.4, 0.5) is 17.2 Å². The van der Waals surface area contributed by atoms with Crippen LogP contribution in [-0.4, -0.2) is 34.1 Å². The molecule has 0 radical (unpaired) electrons. The van der Waals surface area contributed by atoms with Gasteiger partial charge in [-0.1, -0.05) is 12.1 Å². The van der Waals surface area contributed by atoms with Crippen LogP contribution in [-0.2, 0) is 4.74 Å². The molecule has 1 aromatic heterocycles. The first kappa shape index (κ1) is 23.4. The van der Waals surface area contributed by atoms with Gasteiger partial charge in [-0.2, -0.15) is 0 Å². The van der Waals surface area contributed by atoms with E-state index in [2.05, 4.69) is 15.3 Å². The number of aromatic nitrogens is 2. The van der Waals surface area contributed by atoms with Crippen LogP contribution in [0.3, 0.4) is 0 Å². The summed E-state index contributed by atoms with van der Waals surface area (Å²) in [6.45, 7) is 4.29. The number of non-ortho nitro benzene ring substituents is 1. The number of hydrogen-bond donors (Lipinski definition) is 1. The highest BCUT2D eigenvalue weighted by atomic mass is 16.6. The number of anilines is 2. The molecule has 35 heavy (non-hydrogen) atoms. The minimum atomic E-state index is -0.667. The van der Waals surface area contributed by atoms with Crippen LogP contribution in [0.15, 0.2) is 66.7 Å². The van der Waals surface area contributed by atoms with E-state index in [1.54, 1.807) is 61.5 Å². The van der Waals surface area contributed by atoms with Crippen LogP contribution in [0.5, 0.6) is 17.2 Å². The third kappa shape index (κ3) is 5.61. The van der Waals surface area contributed by atoms with Crippen molar-refractivity contribution in [3.05, 3.63) is 82.7 Å². The molecule has 3 aromatic carbocycles. The molecule has 0 spiro atoms. The lowest BCUT2D eigenvalue weighted by Gasteiger charge is -2.12. The number of rotatable bonds is 9. The number of hydrogen-bond acceptors (Lipinski definition) is 9. The lowest BCUT2D eigenvalue weighted by Crippen LogP contribution is -2.11. The molecule has 0 fully saturated rings. The van der Waals surface area contributed by atoms with E-state index < -0.39 is 10.9 Å². The molecule has 0 unspecified atom stereocenters. The topological polar surface area (TPSA) is 126 Å². The Morgan fingerprint density at radius 2 is 1.69 bits per heavy atom. The average molecular weight is 474 g/mol. The minimum Gasteiger partial charge on any atom is -0.494 e. The van der Waals surface area contributed by atoms with Crippen LogP contribution in [0.25, 0.3) is 10.9 Å². The van der Waals surface area contributed by atoms with Crippen LogP contribution >= 0.6 is 0 Å². The fourth-order valence-electron chi connectivity index (χ4n) is 3.32. The highest BCUT2D eigenvalue weighted by molar-refractivity contribution is 5.95. The van der Waals surface area contributed by atoms with Gasteiger partial charge in [0.1, 0.15) is 23.1 Å². The summed E-state index contributed by atoms with van der Waals surface area (Å²) < 4.78 is 16.3. The summed E-state index contributed by atoms with van der Waals surface area (Å²) in [5.74, 6) is 0.927. The summed E-state index contributed by atoms with van der Waals surface area (Å²) in [4.78, 5) is 31.9. The van der Waals surface area contributed by atoms with Gasteiger partial charge < -0.3 is 19.5 Å². The Kier molecular flexibility index (Phi) is 7.01. The number of benzene rings is 3. The first-order valence-electron chi connectivity index (χ1n) is 10.9. The molecule has 0 amide bonds. The van der Waals surface area contributed by atoms with Crippen LogP contribution < -0.4 is 14.8 Å². The Morgan fingerprint density at radius 1 is 0.943 bits per heavy atom. The smallest absolute Gasteiger partial charge is 0.376 e. The zero-order valence-corrected chi connectivity index (χ0v) is 19.1. The number of carbonyl (C=O) groups excluding carboxylic acids is 1. The van der Waals surface area contributed by atoms with E-state index in [1.807, 2.05) is 6.92 Å². The van der Waals surface area contributed by atoms with Crippen molar-refractivity contribution in [3.63, 3.8) is 0 Å². The monoisotopic (exact) mass is 474 g/mol. The van der Waals surface area contributed by atoms with Crippen molar-refractivity contribution < 1.29 is 23.9 Å². The number of esters is 1. The maximum atomic E-state index is 12.3. The molecule has 0 saturated carbocycles. The predicted molar refractivity (Wildman–Crippen MR) is 130 cm³/mol. The van der Waals surface area contributed by atoms with Gasteiger partial charge in [-0.25, -0.2) is 14.8 Å². The molecule has 0 aliphatic rings. The Balaban J connectivity index is 1.70. The summed E-state index contributed by atoms with van der Waals surface area (Å²) in [5.41, 5.74) is 0.683. The minimum absolute atomic E-state index is 0.121. The van der Waals surface area contributed by atoms with E-state index in [-0.39, 0.29) is 23.9 Å². The predicted octanol–water partition coefficient (Wildman–Crippen LogP) is 5.65. The molecule has 0 aliphatic heterocycles. The van der Waals surface area contributed by atoms with Crippen LogP contribution in [0.1, 0.15) is 24.5 Å². The van der Waals surface area contributed by atoms with Gasteiger partial charge in [0.2, 0.25) is 5.82 Å². The second-order valence-corrected chi connectivity index (χ2v) is 7.24. The van der Waals surface area contributed by atoms with E-state index in [0.29, 0.717) is 40.5 Å². The fourth-order valence-corrected chi connectivity index (χ4v) is 3.32. The number of carbonyl (C=O) groups is 1. The molecule has 0 atom stereocenters. The maximum absolute atomic E-state index is 12.3. The molecular weight excluding hydrogens is 452 g/mol. The van der Waals surface area contributed by atoms with Gasteiger partial charge in [0.25, 0.3) is 5.69 Å². The van der Waals surface area contributed by atoms with Crippen molar-refractivity contribution in [2.75, 3.05) is 18.5 Å². The van der Waals surface area contributed by atoms with E-state index in [0.717, 1.165) is 0 Å². The number of fused-ring (bicyclic) bond motifs is 1. The molecule has 10 heteroatoms. The van der Waals surface area contributed by atoms with Crippen molar-refractivity contribution in [1.29, 1.82) is 0 Å². The van der Waals surface area contributed by atoms with Crippen molar-refractivity contribution in [2.45, 2.75) is 13.8 Å². The molecule has 1 heterocycles. The Labute approximate surface area is 200 Å². The number of nitrogens with zero attached hydrogens (tertiary/aromatic N) is 3. The molecule has 0 aliphatic carbocycles. The van der Waals surface area contributed by atoms with E-state index in [1.165, 1.54) is 12.1 Å². The standard InChI is InChI=1S/C25H22N4O6/c1-3-33-18-9-11-19(12-10-18)35-20-14-16(13-17(15-20)29(31)32)26-23-21-7-5-6-8-22(21)27-24(28-23)25(30)34-4-2/h5-15H,3-4H2,1-2H3,(H,26,27,28). The zero-order valence-electron chi connectivity index (χ0n) is 19.1. The molecule has 10 nitrogen and oxygen atoms in total. The van der Waals surface area contributed by atoms with Crippen molar-refractivity contribution in [1.82, 2.24) is 9.97 Å². The summed E-state index contributed by atoms with van der Waals surface area (Å²) in [6.07, 6.45) is 0. The van der Waals surface area contributed by atoms with Gasteiger partial charge in [0.15, 0.2) is 0 Å². The lowest BCUT2D eigenvalue weighted by atomic mass is 10.2. The van der Waals surface area contributed by atoms with Crippen molar-refractivity contribution >= 4 is 34.1 Å². The lowest BCUT2D eigenvalue weighted by molar-refractivity contribution is -0.384. The quantitative estimate of drug-likeness (QED) is 0.186. The van der Waals surface area contributed by atoms with Gasteiger partial charge in [-0.05, 0) is 50.2 Å². The fraction of sp³-hybridized carbons (Fsp3) is 0.160. The van der Waals surface area contributed by atoms with Gasteiger partial charge in [-0.3, -0.25) is 10.1 Å². The van der Waals surface area contributed by atoms with Gasteiger partial charge in [-0.15, -0.1) is 0 Å². The average Bonchev–Trinajstić information content (AvgIpc) is 2.85. The van der Waals surface area contributed by atoms with Crippen LogP contribution in [0, 0.1) is 10.1 Å². The van der Waals surface area contributed by atoms with Gasteiger partial charge >= 0.3 is 5.97 Å². The highest BCUT2D eigenvalue weighted by Gasteiger charge is 2.17. The summed E-state index contributed by atoms with van der Waals surface area (Å²) >= 11 is 0. The number of nitro benzene ring substituents is 1. The Hall–Kier alpha value is -4.73. The van der Waals surface area contributed by atoms with Gasteiger partial charge in [0.05, 0.1) is 35.4 Å². The first-order valence-corrected chi connectivity index (χ1v) is 10.9. The normalized spacial score (nSPS) is 10.6. The third-order valence-corrected chi connectivity index (χ3v) is 4.80. The number of para-hydroxylation sites is 1. The molecule has 4 aromatic rings. The highest BCUT2D eigenvalue weighted by Crippen LogP contribution is 2.33. The van der Waals surface area contributed by atoms with Crippen molar-refractivity contribution in [3.8, 4) is 17.2 Å². The largest absolute Gasteiger partial charge is 0.494 e. The second-order valence-electron chi connectivity index (χ2n) is 7.24.